The van der Waals surface area contributed by atoms with Crippen molar-refractivity contribution in [1.82, 2.24) is 4.98 Å². The Hall–Kier alpha value is -2.56. The molecule has 1 aromatic heterocycles. The van der Waals surface area contributed by atoms with Gasteiger partial charge in [-0.05, 0) is 26.0 Å². The fraction of sp³-hybridized carbons (Fsp3) is 0.200. The zero-order valence-corrected chi connectivity index (χ0v) is 11.3. The Morgan fingerprint density at radius 1 is 1.40 bits per heavy atom. The van der Waals surface area contributed by atoms with Crippen LogP contribution in [-0.2, 0) is 14.3 Å². The molecule has 0 spiro atoms. The van der Waals surface area contributed by atoms with Gasteiger partial charge in [-0.2, -0.15) is 0 Å². The highest BCUT2D eigenvalue weighted by atomic mass is 16.5. The fourth-order valence-corrected chi connectivity index (χ4v) is 1.91. The summed E-state index contributed by atoms with van der Waals surface area (Å²) in [5.74, 6) is -2.12. The van der Waals surface area contributed by atoms with Crippen molar-refractivity contribution in [2.24, 2.45) is 0 Å². The molecule has 0 saturated heterocycles. The highest BCUT2D eigenvalue weighted by Crippen LogP contribution is 2.24. The molecule has 0 aliphatic carbocycles. The monoisotopic (exact) mass is 273 g/mol. The van der Waals surface area contributed by atoms with Gasteiger partial charge in [-0.1, -0.05) is 11.6 Å². The first-order chi connectivity index (χ1) is 9.52. The molecule has 2 aromatic rings. The van der Waals surface area contributed by atoms with Crippen molar-refractivity contribution < 1.29 is 19.4 Å². The number of aromatic amines is 1. The highest BCUT2D eigenvalue weighted by molar-refractivity contribution is 6.39. The number of aliphatic hydroxyl groups excluding tert-OH is 1. The average Bonchev–Trinajstić information content (AvgIpc) is 2.81. The lowest BCUT2D eigenvalue weighted by atomic mass is 10.1. The molecule has 0 bridgehead atoms. The summed E-state index contributed by atoms with van der Waals surface area (Å²) in [5, 5.41) is 10.8. The molecular weight excluding hydrogens is 258 g/mol. The summed E-state index contributed by atoms with van der Waals surface area (Å²) in [6.07, 6.45) is 2.47. The average molecular weight is 273 g/mol. The van der Waals surface area contributed by atoms with Gasteiger partial charge in [0.25, 0.3) is 5.78 Å². The highest BCUT2D eigenvalue weighted by Gasteiger charge is 2.15. The van der Waals surface area contributed by atoms with Crippen molar-refractivity contribution in [3.05, 3.63) is 41.6 Å². The van der Waals surface area contributed by atoms with Crippen LogP contribution in [0.15, 0.2) is 30.5 Å². The smallest absolute Gasteiger partial charge is 0.379 e. The Labute approximate surface area is 115 Å². The third-order valence-corrected chi connectivity index (χ3v) is 2.86. The van der Waals surface area contributed by atoms with E-state index in [1.54, 1.807) is 13.1 Å². The van der Waals surface area contributed by atoms with E-state index in [1.807, 2.05) is 25.1 Å². The van der Waals surface area contributed by atoms with Gasteiger partial charge in [0.15, 0.2) is 0 Å². The third kappa shape index (κ3) is 2.71. The van der Waals surface area contributed by atoms with Gasteiger partial charge in [0.2, 0.25) is 0 Å². The van der Waals surface area contributed by atoms with E-state index >= 15 is 0 Å². The molecule has 2 rings (SSSR count). The van der Waals surface area contributed by atoms with Crippen LogP contribution in [0.1, 0.15) is 18.1 Å². The molecule has 1 aromatic carbocycles. The second kappa shape index (κ2) is 5.61. The van der Waals surface area contributed by atoms with Crippen molar-refractivity contribution in [1.29, 1.82) is 0 Å². The Kier molecular flexibility index (Phi) is 3.89. The zero-order chi connectivity index (χ0) is 14.7. The van der Waals surface area contributed by atoms with Crippen LogP contribution < -0.4 is 0 Å². The van der Waals surface area contributed by atoms with Gasteiger partial charge in [0.1, 0.15) is 5.76 Å². The first-order valence-electron chi connectivity index (χ1n) is 6.22. The number of fused-ring (bicyclic) bond motifs is 1. The van der Waals surface area contributed by atoms with Crippen LogP contribution in [-0.4, -0.2) is 28.4 Å². The van der Waals surface area contributed by atoms with Gasteiger partial charge in [-0.25, -0.2) is 4.79 Å². The number of hydrogen-bond donors (Lipinski definition) is 2. The number of ether oxygens (including phenoxy) is 1. The van der Waals surface area contributed by atoms with Crippen molar-refractivity contribution >= 4 is 28.4 Å². The molecule has 0 aliphatic rings. The normalized spacial score (nSPS) is 11.6. The van der Waals surface area contributed by atoms with Crippen LogP contribution in [0.5, 0.6) is 0 Å². The molecule has 0 fully saturated rings. The molecule has 0 amide bonds. The molecule has 20 heavy (non-hydrogen) atoms. The number of esters is 1. The maximum absolute atomic E-state index is 11.5. The molecule has 0 radical (unpaired) electrons. The Balaban J connectivity index is 2.36. The Morgan fingerprint density at radius 2 is 2.15 bits per heavy atom. The predicted octanol–water partition coefficient (Wildman–Crippen LogP) is 2.51. The summed E-state index contributed by atoms with van der Waals surface area (Å²) in [4.78, 5) is 25.7. The van der Waals surface area contributed by atoms with Crippen LogP contribution in [0.2, 0.25) is 0 Å². The number of aromatic nitrogens is 1. The molecule has 0 unspecified atom stereocenters. The summed E-state index contributed by atoms with van der Waals surface area (Å²) >= 11 is 0. The van der Waals surface area contributed by atoms with Crippen molar-refractivity contribution in [2.45, 2.75) is 13.8 Å². The van der Waals surface area contributed by atoms with Gasteiger partial charge in [-0.15, -0.1) is 0 Å². The summed E-state index contributed by atoms with van der Waals surface area (Å²) in [6, 6.07) is 5.71. The molecule has 5 heteroatoms. The largest absolute Gasteiger partial charge is 0.507 e. The summed E-state index contributed by atoms with van der Waals surface area (Å²) in [6.45, 7) is 3.66. The molecule has 0 atom stereocenters. The number of nitrogens with one attached hydrogen (secondary N) is 1. The third-order valence-electron chi connectivity index (χ3n) is 2.86. The summed E-state index contributed by atoms with van der Waals surface area (Å²) in [5.41, 5.74) is 2.35. The molecular formula is C15H15NO4. The van der Waals surface area contributed by atoms with Crippen molar-refractivity contribution in [2.75, 3.05) is 6.61 Å². The number of benzene rings is 1. The van der Waals surface area contributed by atoms with Gasteiger partial charge < -0.3 is 14.8 Å². The predicted molar refractivity (Wildman–Crippen MR) is 75.3 cm³/mol. The Bertz CT molecular complexity index is 697. The summed E-state index contributed by atoms with van der Waals surface area (Å²) in [7, 11) is 0. The number of carbonyl (C=O) groups is 2. The van der Waals surface area contributed by atoms with Gasteiger partial charge in [-0.3, -0.25) is 4.79 Å². The first kappa shape index (κ1) is 13.9. The quantitative estimate of drug-likeness (QED) is 0.388. The summed E-state index contributed by atoms with van der Waals surface area (Å²) < 4.78 is 4.58. The second-order valence-electron chi connectivity index (χ2n) is 4.37. The number of rotatable bonds is 4. The molecule has 1 heterocycles. The number of ketones is 1. The Morgan fingerprint density at radius 3 is 2.85 bits per heavy atom. The molecule has 5 nitrogen and oxygen atoms in total. The van der Waals surface area contributed by atoms with Crippen molar-refractivity contribution in [3.8, 4) is 0 Å². The van der Waals surface area contributed by atoms with E-state index in [0.29, 0.717) is 5.56 Å². The maximum atomic E-state index is 11.5. The van der Waals surface area contributed by atoms with E-state index in [-0.39, 0.29) is 12.4 Å². The van der Waals surface area contributed by atoms with Crippen molar-refractivity contribution in [3.63, 3.8) is 0 Å². The minimum atomic E-state index is -0.977. The molecule has 0 saturated carbocycles. The van der Waals surface area contributed by atoms with Crippen LogP contribution in [0.25, 0.3) is 16.7 Å². The first-order valence-corrected chi connectivity index (χ1v) is 6.22. The molecule has 0 aliphatic heterocycles. The van der Waals surface area contributed by atoms with Crippen LogP contribution in [0, 0.1) is 6.92 Å². The van der Waals surface area contributed by atoms with Crippen LogP contribution >= 0.6 is 0 Å². The van der Waals surface area contributed by atoms with E-state index in [2.05, 4.69) is 9.72 Å². The van der Waals surface area contributed by atoms with E-state index in [4.69, 9.17) is 0 Å². The number of aryl methyl sites for hydroxylation is 1. The van der Waals surface area contributed by atoms with E-state index in [1.165, 1.54) is 0 Å². The lowest BCUT2D eigenvalue weighted by molar-refractivity contribution is -0.151. The number of H-pyrrole nitrogens is 1. The van der Waals surface area contributed by atoms with Crippen LogP contribution in [0.4, 0.5) is 0 Å². The lowest BCUT2D eigenvalue weighted by Gasteiger charge is -2.00. The van der Waals surface area contributed by atoms with E-state index in [0.717, 1.165) is 22.5 Å². The number of aliphatic hydroxyl groups is 1. The fourth-order valence-electron chi connectivity index (χ4n) is 1.91. The SMILES string of the molecule is CCOC(=O)C(=O)C=C(O)c1c[nH]c2ccc(C)cc12. The second-order valence-corrected chi connectivity index (χ2v) is 4.37. The maximum Gasteiger partial charge on any atom is 0.379 e. The van der Waals surface area contributed by atoms with Gasteiger partial charge in [0, 0.05) is 28.7 Å². The van der Waals surface area contributed by atoms with Crippen LogP contribution in [0.3, 0.4) is 0 Å². The van der Waals surface area contributed by atoms with E-state index < -0.39 is 11.8 Å². The minimum Gasteiger partial charge on any atom is -0.507 e. The molecule has 2 N–H and O–H groups in total. The van der Waals surface area contributed by atoms with E-state index in [9.17, 15) is 14.7 Å². The molecule has 104 valence electrons. The van der Waals surface area contributed by atoms with Gasteiger partial charge >= 0.3 is 5.97 Å². The topological polar surface area (TPSA) is 79.4 Å². The number of hydrogen-bond acceptors (Lipinski definition) is 4. The minimum absolute atomic E-state index is 0.117. The lowest BCUT2D eigenvalue weighted by Crippen LogP contribution is -2.15. The standard InChI is InChI=1S/C15H15NO4/c1-3-20-15(19)14(18)7-13(17)11-8-16-12-5-4-9(2)6-10(11)12/h4-8,16-17H,3H2,1-2H3. The zero-order valence-electron chi connectivity index (χ0n) is 11.3. The van der Waals surface area contributed by atoms with Gasteiger partial charge in [0.05, 0.1) is 6.61 Å². The number of carbonyl (C=O) groups excluding carboxylic acids is 2.